The molecule has 0 unspecified atom stereocenters. The predicted octanol–water partition coefficient (Wildman–Crippen LogP) is 1.56. The third kappa shape index (κ3) is 3.57. The average molecular weight is 179 g/mol. The standard InChI is InChI=1S/C9H11N2O2/c1-2-13-11-9(12)10-8-6-4-3-5-7-8/h4-7H,2H2,1H3,(H2,10,11,12). The van der Waals surface area contributed by atoms with Gasteiger partial charge in [-0.1, -0.05) is 12.1 Å². The number of urea groups is 1. The second kappa shape index (κ2) is 5.16. The first-order valence-electron chi connectivity index (χ1n) is 3.98. The van der Waals surface area contributed by atoms with Crippen molar-refractivity contribution in [2.75, 3.05) is 11.9 Å². The lowest BCUT2D eigenvalue weighted by Gasteiger charge is -2.05. The van der Waals surface area contributed by atoms with Crippen LogP contribution in [0.1, 0.15) is 6.92 Å². The molecule has 0 fully saturated rings. The van der Waals surface area contributed by atoms with Gasteiger partial charge in [0, 0.05) is 5.69 Å². The van der Waals surface area contributed by atoms with Crippen molar-refractivity contribution in [2.45, 2.75) is 6.92 Å². The molecule has 0 spiro atoms. The van der Waals surface area contributed by atoms with E-state index in [1.165, 1.54) is 0 Å². The van der Waals surface area contributed by atoms with Crippen molar-refractivity contribution >= 4 is 11.7 Å². The molecular formula is C9H11N2O2. The SMILES string of the molecule is CCONC(=O)Nc1cc[c]cc1. The second-order valence-corrected chi connectivity index (χ2v) is 2.28. The average Bonchev–Trinajstić information content (AvgIpc) is 2.16. The molecule has 0 aromatic heterocycles. The summed E-state index contributed by atoms with van der Waals surface area (Å²) < 4.78 is 0. The Morgan fingerprint density at radius 1 is 1.54 bits per heavy atom. The number of hydrogen-bond donors (Lipinski definition) is 2. The van der Waals surface area contributed by atoms with Crippen molar-refractivity contribution in [3.05, 3.63) is 30.3 Å². The van der Waals surface area contributed by atoms with Gasteiger partial charge < -0.3 is 5.32 Å². The predicted molar refractivity (Wildman–Crippen MR) is 49.1 cm³/mol. The minimum absolute atomic E-state index is 0.381. The van der Waals surface area contributed by atoms with Gasteiger partial charge in [-0.05, 0) is 25.1 Å². The highest BCUT2D eigenvalue weighted by Gasteiger charge is 1.98. The van der Waals surface area contributed by atoms with E-state index in [1.807, 2.05) is 0 Å². The summed E-state index contributed by atoms with van der Waals surface area (Å²) >= 11 is 0. The summed E-state index contributed by atoms with van der Waals surface area (Å²) in [4.78, 5) is 15.7. The number of amides is 2. The molecule has 0 aliphatic carbocycles. The minimum atomic E-state index is -0.381. The van der Waals surface area contributed by atoms with Crippen molar-refractivity contribution in [2.24, 2.45) is 0 Å². The molecule has 1 radical (unpaired) electrons. The van der Waals surface area contributed by atoms with E-state index in [-0.39, 0.29) is 6.03 Å². The Labute approximate surface area is 76.9 Å². The fraction of sp³-hybridized carbons (Fsp3) is 0.222. The summed E-state index contributed by atoms with van der Waals surface area (Å²) in [6, 6.07) is 9.39. The molecule has 0 heterocycles. The Hall–Kier alpha value is -1.55. The third-order valence-corrected chi connectivity index (χ3v) is 1.29. The first-order chi connectivity index (χ1) is 6.33. The van der Waals surface area contributed by atoms with E-state index in [0.717, 1.165) is 0 Å². The summed E-state index contributed by atoms with van der Waals surface area (Å²) in [6.07, 6.45) is 0. The van der Waals surface area contributed by atoms with Crippen molar-refractivity contribution in [3.8, 4) is 0 Å². The molecule has 13 heavy (non-hydrogen) atoms. The highest BCUT2D eigenvalue weighted by atomic mass is 16.7. The number of anilines is 1. The van der Waals surface area contributed by atoms with Crippen LogP contribution in [-0.2, 0) is 4.84 Å². The fourth-order valence-corrected chi connectivity index (χ4v) is 0.765. The quantitative estimate of drug-likeness (QED) is 0.692. The zero-order valence-electron chi connectivity index (χ0n) is 7.33. The van der Waals surface area contributed by atoms with Crippen molar-refractivity contribution in [3.63, 3.8) is 0 Å². The van der Waals surface area contributed by atoms with Crippen molar-refractivity contribution in [1.82, 2.24) is 5.48 Å². The molecule has 0 saturated heterocycles. The smallest absolute Gasteiger partial charge is 0.306 e. The van der Waals surface area contributed by atoms with Crippen LogP contribution < -0.4 is 10.8 Å². The normalized spacial score (nSPS) is 9.31. The molecule has 0 aliphatic heterocycles. The lowest BCUT2D eigenvalue weighted by molar-refractivity contribution is 0.0758. The highest BCUT2D eigenvalue weighted by Crippen LogP contribution is 2.03. The molecule has 4 heteroatoms. The van der Waals surface area contributed by atoms with Gasteiger partial charge in [0.25, 0.3) is 0 Å². The lowest BCUT2D eigenvalue weighted by atomic mass is 10.3. The maximum absolute atomic E-state index is 11.0. The number of hydroxylamine groups is 1. The van der Waals surface area contributed by atoms with Gasteiger partial charge in [-0.2, -0.15) is 0 Å². The molecule has 4 nitrogen and oxygen atoms in total. The van der Waals surface area contributed by atoms with Gasteiger partial charge in [0.1, 0.15) is 0 Å². The second-order valence-electron chi connectivity index (χ2n) is 2.28. The maximum atomic E-state index is 11.0. The number of carbonyl (C=O) groups is 1. The van der Waals surface area contributed by atoms with E-state index in [1.54, 1.807) is 31.2 Å². The Kier molecular flexibility index (Phi) is 3.78. The van der Waals surface area contributed by atoms with E-state index >= 15 is 0 Å². The third-order valence-electron chi connectivity index (χ3n) is 1.29. The minimum Gasteiger partial charge on any atom is -0.306 e. The van der Waals surface area contributed by atoms with Gasteiger partial charge in [0.05, 0.1) is 6.61 Å². The van der Waals surface area contributed by atoms with Gasteiger partial charge in [0.15, 0.2) is 0 Å². The van der Waals surface area contributed by atoms with Crippen LogP contribution in [0.15, 0.2) is 24.3 Å². The number of benzene rings is 1. The Morgan fingerprint density at radius 2 is 2.23 bits per heavy atom. The van der Waals surface area contributed by atoms with E-state index in [2.05, 4.69) is 16.9 Å². The number of nitrogens with one attached hydrogen (secondary N) is 2. The van der Waals surface area contributed by atoms with Crippen LogP contribution in [0, 0.1) is 6.07 Å². The van der Waals surface area contributed by atoms with Crippen LogP contribution in [-0.4, -0.2) is 12.6 Å². The Bertz CT molecular complexity index is 262. The van der Waals surface area contributed by atoms with E-state index < -0.39 is 0 Å². The van der Waals surface area contributed by atoms with Gasteiger partial charge in [0.2, 0.25) is 0 Å². The summed E-state index contributed by atoms with van der Waals surface area (Å²) in [5, 5.41) is 2.58. The van der Waals surface area contributed by atoms with Gasteiger partial charge >= 0.3 is 6.03 Å². The molecule has 2 N–H and O–H groups in total. The largest absolute Gasteiger partial charge is 0.343 e. The number of hydrogen-bond acceptors (Lipinski definition) is 2. The molecule has 1 aromatic rings. The molecule has 1 aromatic carbocycles. The van der Waals surface area contributed by atoms with Crippen LogP contribution >= 0.6 is 0 Å². The first kappa shape index (κ1) is 9.54. The van der Waals surface area contributed by atoms with Crippen molar-refractivity contribution in [1.29, 1.82) is 0 Å². The zero-order valence-corrected chi connectivity index (χ0v) is 7.33. The summed E-state index contributed by atoms with van der Waals surface area (Å²) in [7, 11) is 0. The summed E-state index contributed by atoms with van der Waals surface area (Å²) in [5.41, 5.74) is 2.93. The molecule has 0 saturated carbocycles. The van der Waals surface area contributed by atoms with Crippen LogP contribution in [0.3, 0.4) is 0 Å². The highest BCUT2D eigenvalue weighted by molar-refractivity contribution is 5.88. The Balaban J connectivity index is 2.37. The van der Waals surface area contributed by atoms with Crippen molar-refractivity contribution < 1.29 is 9.63 Å². The molecule has 0 aliphatic rings. The van der Waals surface area contributed by atoms with Crippen LogP contribution in [0.2, 0.25) is 0 Å². The van der Waals surface area contributed by atoms with E-state index in [9.17, 15) is 4.79 Å². The van der Waals surface area contributed by atoms with Gasteiger partial charge in [-0.15, -0.1) is 0 Å². The number of rotatable bonds is 3. The van der Waals surface area contributed by atoms with E-state index in [4.69, 9.17) is 4.84 Å². The van der Waals surface area contributed by atoms with Crippen LogP contribution in [0.25, 0.3) is 0 Å². The molecular weight excluding hydrogens is 168 g/mol. The molecule has 1 rings (SSSR count). The molecule has 0 bridgehead atoms. The van der Waals surface area contributed by atoms with Crippen LogP contribution in [0.4, 0.5) is 10.5 Å². The van der Waals surface area contributed by atoms with E-state index in [0.29, 0.717) is 12.3 Å². The summed E-state index contributed by atoms with van der Waals surface area (Å²) in [6.45, 7) is 2.23. The zero-order chi connectivity index (χ0) is 9.52. The maximum Gasteiger partial charge on any atom is 0.343 e. The first-order valence-corrected chi connectivity index (χ1v) is 3.98. The monoisotopic (exact) mass is 179 g/mol. The summed E-state index contributed by atoms with van der Waals surface area (Å²) in [5.74, 6) is 0. The molecule has 2 amide bonds. The fourth-order valence-electron chi connectivity index (χ4n) is 0.765. The van der Waals surface area contributed by atoms with Crippen LogP contribution in [0.5, 0.6) is 0 Å². The number of carbonyl (C=O) groups excluding carboxylic acids is 1. The Morgan fingerprint density at radius 3 is 2.85 bits per heavy atom. The van der Waals surface area contributed by atoms with Gasteiger partial charge in [-0.25, -0.2) is 10.3 Å². The topological polar surface area (TPSA) is 50.4 Å². The molecule has 0 atom stereocenters. The van der Waals surface area contributed by atoms with Gasteiger partial charge in [-0.3, -0.25) is 4.84 Å². The lowest BCUT2D eigenvalue weighted by Crippen LogP contribution is -2.28. The molecule has 69 valence electrons.